The third-order valence-corrected chi connectivity index (χ3v) is 2.17. The van der Waals surface area contributed by atoms with Crippen molar-refractivity contribution in [1.82, 2.24) is 9.97 Å². The first-order valence-electron chi connectivity index (χ1n) is 4.59. The molecule has 0 aliphatic carbocycles. The Morgan fingerprint density at radius 3 is 2.81 bits per heavy atom. The highest BCUT2D eigenvalue weighted by atomic mass is 35.5. The first-order chi connectivity index (χ1) is 7.16. The number of imidazole rings is 1. The Hall–Kier alpha value is -1.59. The molecule has 86 valence electrons. The summed E-state index contributed by atoms with van der Waals surface area (Å²) in [5, 5.41) is 8.65. The lowest BCUT2D eigenvalue weighted by atomic mass is 10.2. The van der Waals surface area contributed by atoms with E-state index in [0.29, 0.717) is 5.82 Å². The number of nitrogens with one attached hydrogen (secondary N) is 1. The van der Waals surface area contributed by atoms with Crippen LogP contribution in [-0.4, -0.2) is 27.1 Å². The molecule has 1 atom stereocenters. The summed E-state index contributed by atoms with van der Waals surface area (Å²) >= 11 is 0. The van der Waals surface area contributed by atoms with Crippen LogP contribution in [0.5, 0.6) is 0 Å². The van der Waals surface area contributed by atoms with Crippen LogP contribution in [0.15, 0.2) is 24.3 Å². The minimum absolute atomic E-state index is 0. The summed E-state index contributed by atoms with van der Waals surface area (Å²) in [5.41, 5.74) is 7.13. The van der Waals surface area contributed by atoms with Crippen LogP contribution in [-0.2, 0) is 11.2 Å². The number of hydrogen-bond donors (Lipinski definition) is 3. The molecular weight excluding hydrogens is 230 g/mol. The number of aromatic amines is 1. The maximum atomic E-state index is 10.6. The van der Waals surface area contributed by atoms with E-state index in [1.807, 2.05) is 24.3 Å². The second-order valence-corrected chi connectivity index (χ2v) is 3.35. The van der Waals surface area contributed by atoms with Crippen molar-refractivity contribution in [2.45, 2.75) is 12.5 Å². The van der Waals surface area contributed by atoms with Gasteiger partial charge in [0.05, 0.1) is 11.0 Å². The number of hydrogen-bond acceptors (Lipinski definition) is 3. The summed E-state index contributed by atoms with van der Waals surface area (Å²) in [5.74, 6) is -0.415. The molecule has 6 heteroatoms. The average Bonchev–Trinajstić information content (AvgIpc) is 2.59. The summed E-state index contributed by atoms with van der Waals surface area (Å²) in [6, 6.07) is 6.61. The molecule has 1 aromatic carbocycles. The van der Waals surface area contributed by atoms with Crippen molar-refractivity contribution in [2.24, 2.45) is 5.73 Å². The molecule has 0 fully saturated rings. The number of H-pyrrole nitrogens is 1. The zero-order valence-electron chi connectivity index (χ0n) is 8.38. The molecule has 16 heavy (non-hydrogen) atoms. The van der Waals surface area contributed by atoms with E-state index >= 15 is 0 Å². The van der Waals surface area contributed by atoms with Gasteiger partial charge in [0.15, 0.2) is 0 Å². The minimum Gasteiger partial charge on any atom is -0.480 e. The summed E-state index contributed by atoms with van der Waals surface area (Å²) in [4.78, 5) is 17.8. The van der Waals surface area contributed by atoms with Crippen molar-refractivity contribution >= 4 is 29.4 Å². The van der Waals surface area contributed by atoms with Gasteiger partial charge in [-0.15, -0.1) is 12.4 Å². The minimum atomic E-state index is -1.02. The number of carbonyl (C=O) groups is 1. The van der Waals surface area contributed by atoms with Crippen LogP contribution in [0.3, 0.4) is 0 Å². The van der Waals surface area contributed by atoms with E-state index in [1.54, 1.807) is 0 Å². The normalized spacial score (nSPS) is 12.1. The number of aromatic nitrogens is 2. The molecule has 0 amide bonds. The monoisotopic (exact) mass is 241 g/mol. The lowest BCUT2D eigenvalue weighted by molar-refractivity contribution is -0.138. The molecule has 5 nitrogen and oxygen atoms in total. The molecule has 1 aromatic heterocycles. The number of para-hydroxylation sites is 2. The van der Waals surface area contributed by atoms with Gasteiger partial charge in [-0.05, 0) is 12.1 Å². The molecule has 4 N–H and O–H groups in total. The van der Waals surface area contributed by atoms with E-state index in [2.05, 4.69) is 9.97 Å². The quantitative estimate of drug-likeness (QED) is 0.746. The largest absolute Gasteiger partial charge is 0.480 e. The highest BCUT2D eigenvalue weighted by molar-refractivity contribution is 5.85. The van der Waals surface area contributed by atoms with Gasteiger partial charge in [0.2, 0.25) is 0 Å². The molecule has 0 saturated heterocycles. The zero-order chi connectivity index (χ0) is 10.8. The highest BCUT2D eigenvalue weighted by Crippen LogP contribution is 2.10. The summed E-state index contributed by atoms with van der Waals surface area (Å²) < 4.78 is 0. The zero-order valence-corrected chi connectivity index (χ0v) is 9.20. The Kier molecular flexibility index (Phi) is 3.87. The van der Waals surface area contributed by atoms with Crippen molar-refractivity contribution in [3.05, 3.63) is 30.1 Å². The molecule has 1 unspecified atom stereocenters. The SMILES string of the molecule is Cl.NC(Cc1nc2ccccc2[nH]1)C(=O)O. The molecular formula is C10H12ClN3O2. The molecule has 0 spiro atoms. The van der Waals surface area contributed by atoms with Gasteiger partial charge in [0.1, 0.15) is 11.9 Å². The lowest BCUT2D eigenvalue weighted by Gasteiger charge is -2.01. The number of rotatable bonds is 3. The van der Waals surface area contributed by atoms with E-state index in [-0.39, 0.29) is 18.8 Å². The van der Waals surface area contributed by atoms with Crippen LogP contribution >= 0.6 is 12.4 Å². The van der Waals surface area contributed by atoms with Crippen molar-refractivity contribution in [2.75, 3.05) is 0 Å². The average molecular weight is 242 g/mol. The van der Waals surface area contributed by atoms with E-state index < -0.39 is 12.0 Å². The number of halogens is 1. The second kappa shape index (κ2) is 4.96. The van der Waals surface area contributed by atoms with Gasteiger partial charge >= 0.3 is 5.97 Å². The van der Waals surface area contributed by atoms with Gasteiger partial charge < -0.3 is 15.8 Å². The summed E-state index contributed by atoms with van der Waals surface area (Å²) in [7, 11) is 0. The fourth-order valence-corrected chi connectivity index (χ4v) is 1.40. The number of carboxylic acid groups (broad SMARTS) is 1. The maximum absolute atomic E-state index is 10.6. The second-order valence-electron chi connectivity index (χ2n) is 3.35. The van der Waals surface area contributed by atoms with Gasteiger partial charge in [-0.3, -0.25) is 4.79 Å². The van der Waals surface area contributed by atoms with Crippen LogP contribution in [0.2, 0.25) is 0 Å². The third-order valence-electron chi connectivity index (χ3n) is 2.17. The van der Waals surface area contributed by atoms with Crippen molar-refractivity contribution in [3.63, 3.8) is 0 Å². The van der Waals surface area contributed by atoms with Gasteiger partial charge in [-0.2, -0.15) is 0 Å². The standard InChI is InChI=1S/C10H11N3O2.ClH/c11-6(10(14)15)5-9-12-7-3-1-2-4-8(7)13-9;/h1-4,6H,5,11H2,(H,12,13)(H,14,15);1H. The van der Waals surface area contributed by atoms with Crippen molar-refractivity contribution < 1.29 is 9.90 Å². The molecule has 2 rings (SSSR count). The van der Waals surface area contributed by atoms with Crippen LogP contribution in [0, 0.1) is 0 Å². The van der Waals surface area contributed by atoms with Crippen LogP contribution < -0.4 is 5.73 Å². The fraction of sp³-hybridized carbons (Fsp3) is 0.200. The van der Waals surface area contributed by atoms with Gasteiger partial charge in [0.25, 0.3) is 0 Å². The summed E-state index contributed by atoms with van der Waals surface area (Å²) in [6.07, 6.45) is 0.212. The van der Waals surface area contributed by atoms with Crippen LogP contribution in [0.25, 0.3) is 11.0 Å². The molecule has 0 radical (unpaired) electrons. The van der Waals surface area contributed by atoms with E-state index in [9.17, 15) is 4.79 Å². The Labute approximate surface area is 98.1 Å². The molecule has 2 aromatic rings. The Bertz CT molecular complexity index is 465. The van der Waals surface area contributed by atoms with Crippen molar-refractivity contribution in [1.29, 1.82) is 0 Å². The third kappa shape index (κ3) is 2.50. The predicted molar refractivity (Wildman–Crippen MR) is 62.7 cm³/mol. The molecule has 0 aliphatic rings. The smallest absolute Gasteiger partial charge is 0.320 e. The van der Waals surface area contributed by atoms with Crippen LogP contribution in [0.1, 0.15) is 5.82 Å². The molecule has 0 saturated carbocycles. The number of benzene rings is 1. The van der Waals surface area contributed by atoms with E-state index in [0.717, 1.165) is 11.0 Å². The molecule has 1 heterocycles. The van der Waals surface area contributed by atoms with Gasteiger partial charge in [0, 0.05) is 6.42 Å². The number of fused-ring (bicyclic) bond motifs is 1. The highest BCUT2D eigenvalue weighted by Gasteiger charge is 2.14. The Balaban J connectivity index is 0.00000128. The Morgan fingerprint density at radius 2 is 2.19 bits per heavy atom. The van der Waals surface area contributed by atoms with Crippen LogP contribution in [0.4, 0.5) is 0 Å². The first-order valence-corrected chi connectivity index (χ1v) is 4.59. The topological polar surface area (TPSA) is 92.0 Å². The van der Waals surface area contributed by atoms with E-state index in [4.69, 9.17) is 10.8 Å². The number of nitrogens with zero attached hydrogens (tertiary/aromatic N) is 1. The van der Waals surface area contributed by atoms with E-state index in [1.165, 1.54) is 0 Å². The molecule has 0 aliphatic heterocycles. The lowest BCUT2D eigenvalue weighted by Crippen LogP contribution is -2.32. The summed E-state index contributed by atoms with van der Waals surface area (Å²) in [6.45, 7) is 0. The molecule has 0 bridgehead atoms. The van der Waals surface area contributed by atoms with Crippen molar-refractivity contribution in [3.8, 4) is 0 Å². The maximum Gasteiger partial charge on any atom is 0.320 e. The first kappa shape index (κ1) is 12.5. The number of aliphatic carboxylic acids is 1. The predicted octanol–water partition coefficient (Wildman–Crippen LogP) is 0.939. The fourth-order valence-electron chi connectivity index (χ4n) is 1.40. The van der Waals surface area contributed by atoms with Gasteiger partial charge in [-0.25, -0.2) is 4.98 Å². The number of nitrogens with two attached hydrogens (primary N) is 1. The van der Waals surface area contributed by atoms with Gasteiger partial charge in [-0.1, -0.05) is 12.1 Å². The Morgan fingerprint density at radius 1 is 1.50 bits per heavy atom. The number of carboxylic acids is 1.